The van der Waals surface area contributed by atoms with Gasteiger partial charge in [-0.1, -0.05) is 61.0 Å². The number of allylic oxidation sites excluding steroid dienone is 1. The molecule has 10 heteroatoms. The molecule has 4 aliphatic carbocycles. The van der Waals surface area contributed by atoms with Crippen molar-refractivity contribution in [1.82, 2.24) is 0 Å². The first kappa shape index (κ1) is 40.3. The van der Waals surface area contributed by atoms with Gasteiger partial charge in [-0.2, -0.15) is 0 Å². The monoisotopic (exact) mass is 757 g/mol. The molecule has 0 aliphatic heterocycles. The van der Waals surface area contributed by atoms with Crippen LogP contribution in [0, 0.1) is 28.6 Å². The fraction of sp³-hybridized carbons (Fsp3) is 0.775. The van der Waals surface area contributed by atoms with Gasteiger partial charge in [0, 0.05) is 17.6 Å². The maximum Gasteiger partial charge on any atom is 0.185 e. The molecule has 2 unspecified atom stereocenters. The van der Waals surface area contributed by atoms with Crippen LogP contribution in [0.25, 0.3) is 0 Å². The summed E-state index contributed by atoms with van der Waals surface area (Å²) in [7, 11) is -7.46. The fourth-order valence-electron chi connectivity index (χ4n) is 10.4. The minimum atomic E-state index is -2.08. The van der Waals surface area contributed by atoms with Crippen molar-refractivity contribution in [3.63, 3.8) is 0 Å². The molecule has 50 heavy (non-hydrogen) atoms. The molecule has 0 bridgehead atoms. The first-order valence-electron chi connectivity index (χ1n) is 19.6. The Balaban J connectivity index is 1.59. The van der Waals surface area contributed by atoms with Crippen molar-refractivity contribution in [2.24, 2.45) is 33.7 Å². The summed E-state index contributed by atoms with van der Waals surface area (Å²) in [6, 6.07) is 10.4. The van der Waals surface area contributed by atoms with Gasteiger partial charge in [0.25, 0.3) is 0 Å². The van der Waals surface area contributed by atoms with E-state index in [0.717, 1.165) is 49.8 Å². The summed E-state index contributed by atoms with van der Waals surface area (Å²) in [5, 5.41) is 5.07. The van der Waals surface area contributed by atoms with Crippen LogP contribution in [0.4, 0.5) is 0 Å². The molecule has 5 rings (SSSR count). The number of hydrogen-bond donors (Lipinski definition) is 0. The van der Waals surface area contributed by atoms with Gasteiger partial charge in [0.05, 0.1) is 6.61 Å². The molecular weight excluding hydrogens is 687 g/mol. The third-order valence-electron chi connectivity index (χ3n) is 12.0. The molecule has 0 spiro atoms. The molecule has 4 aliphatic rings. The molecule has 3 saturated carbocycles. The number of oxime groups is 1. The van der Waals surface area contributed by atoms with Gasteiger partial charge < -0.3 is 22.5 Å². The number of hydrogen-bond acceptors (Lipinski definition) is 6. The minimum Gasteiger partial charge on any atom is -0.414 e. The van der Waals surface area contributed by atoms with Crippen LogP contribution in [0.2, 0.25) is 78.6 Å². The molecule has 0 heterocycles. The van der Waals surface area contributed by atoms with Gasteiger partial charge in [0.2, 0.25) is 0 Å². The summed E-state index contributed by atoms with van der Waals surface area (Å²) in [5.41, 5.74) is 3.10. The Labute approximate surface area is 310 Å². The van der Waals surface area contributed by atoms with Crippen LogP contribution in [-0.2, 0) is 29.1 Å². The second-order valence-corrected chi connectivity index (χ2v) is 38.3. The maximum atomic E-state index is 7.63. The predicted molar refractivity (Wildman–Crippen MR) is 219 cm³/mol. The van der Waals surface area contributed by atoms with Crippen molar-refractivity contribution in [3.05, 3.63) is 47.5 Å². The molecule has 0 radical (unpaired) electrons. The Kier molecular flexibility index (Phi) is 11.6. The smallest absolute Gasteiger partial charge is 0.185 e. The zero-order valence-corrected chi connectivity index (χ0v) is 38.2. The van der Waals surface area contributed by atoms with Crippen LogP contribution in [0.1, 0.15) is 64.4 Å². The van der Waals surface area contributed by atoms with E-state index in [1.807, 2.05) is 6.07 Å². The zero-order valence-electron chi connectivity index (χ0n) is 34.2. The van der Waals surface area contributed by atoms with Crippen LogP contribution < -0.4 is 0 Å². The first-order chi connectivity index (χ1) is 22.9. The summed E-state index contributed by atoms with van der Waals surface area (Å²) in [4.78, 5) is 6.28. The molecule has 1 aromatic rings. The molecular formula is C40H71NO5Si4. The highest BCUT2D eigenvalue weighted by Crippen LogP contribution is 2.69. The number of rotatable bonds is 13. The zero-order chi connectivity index (χ0) is 37.0. The lowest BCUT2D eigenvalue weighted by Crippen LogP contribution is -2.65. The van der Waals surface area contributed by atoms with E-state index in [0.29, 0.717) is 37.1 Å². The van der Waals surface area contributed by atoms with E-state index in [1.165, 1.54) is 6.42 Å². The Bertz CT molecular complexity index is 1390. The molecule has 8 atom stereocenters. The Morgan fingerprint density at radius 3 is 2.06 bits per heavy atom. The van der Waals surface area contributed by atoms with Gasteiger partial charge in [-0.3, -0.25) is 0 Å². The second-order valence-electron chi connectivity index (χ2n) is 20.4. The highest BCUT2D eigenvalue weighted by molar-refractivity contribution is 6.71. The van der Waals surface area contributed by atoms with E-state index in [2.05, 4.69) is 123 Å². The van der Waals surface area contributed by atoms with Crippen LogP contribution in [-0.4, -0.2) is 63.4 Å². The quantitative estimate of drug-likeness (QED) is 0.0868. The summed E-state index contributed by atoms with van der Waals surface area (Å²) in [5.74, 6) is 1.53. The van der Waals surface area contributed by atoms with E-state index in [1.54, 1.807) is 5.57 Å². The summed E-state index contributed by atoms with van der Waals surface area (Å²) in [6.07, 6.45) is 10.8. The average molecular weight is 758 g/mol. The Morgan fingerprint density at radius 2 is 1.46 bits per heavy atom. The van der Waals surface area contributed by atoms with E-state index in [4.69, 9.17) is 27.7 Å². The Morgan fingerprint density at radius 1 is 0.800 bits per heavy atom. The number of benzene rings is 1. The molecule has 0 saturated heterocycles. The van der Waals surface area contributed by atoms with E-state index >= 15 is 0 Å². The van der Waals surface area contributed by atoms with Gasteiger partial charge in [0.1, 0.15) is 17.9 Å². The summed E-state index contributed by atoms with van der Waals surface area (Å²) >= 11 is 0. The van der Waals surface area contributed by atoms with E-state index in [-0.39, 0.29) is 16.9 Å². The fourth-order valence-corrected chi connectivity index (χ4v) is 14.8. The standard InChI is InChI=1S/C40H71NO5Si4/c1-38-24-22-32(44-48(6,7)8)26-31(38)20-21-33-34-23-25-40(46-50(12,13)14,39(34,2)27-35(37(33)38)45-49(9,10)11)36(29-43-47(3,4)5)41-42-28-30-18-16-15-17-19-30/h15-20,32-35,37H,21-29H2,1-14H3/b41-36+/t32?,33-,34-,35?,37+,38-,39-,40-/m0/s1. The SMILES string of the molecule is C[C@]12CCC(O[Si](C)(C)C)CC1=CC[C@@H]1[C@@H]2C(O[Si](C)(C)C)C[C@@]2(C)[C@H]1CC[C@]2(O[Si](C)(C)C)/C(CO[Si](C)(C)C)=N/OCc1ccccc1. The molecule has 0 amide bonds. The molecule has 6 nitrogen and oxygen atoms in total. The van der Waals surface area contributed by atoms with E-state index in [9.17, 15) is 0 Å². The third-order valence-corrected chi connectivity index (χ3v) is 16.0. The van der Waals surface area contributed by atoms with Crippen LogP contribution in [0.5, 0.6) is 0 Å². The van der Waals surface area contributed by atoms with Gasteiger partial charge in [0.15, 0.2) is 33.3 Å². The highest BCUT2D eigenvalue weighted by atomic mass is 28.4. The number of fused-ring (bicyclic) bond motifs is 5. The molecule has 282 valence electrons. The predicted octanol–water partition coefficient (Wildman–Crippen LogP) is 11.0. The topological polar surface area (TPSA) is 58.5 Å². The van der Waals surface area contributed by atoms with Crippen LogP contribution in [0.3, 0.4) is 0 Å². The lowest BCUT2D eigenvalue weighted by atomic mass is 9.46. The lowest BCUT2D eigenvalue weighted by molar-refractivity contribution is -0.140. The lowest BCUT2D eigenvalue weighted by Gasteiger charge is -2.63. The number of nitrogens with zero attached hydrogens (tertiary/aromatic N) is 1. The summed E-state index contributed by atoms with van der Waals surface area (Å²) < 4.78 is 28.6. The van der Waals surface area contributed by atoms with Gasteiger partial charge >= 0.3 is 0 Å². The third kappa shape index (κ3) is 8.91. The van der Waals surface area contributed by atoms with E-state index < -0.39 is 38.9 Å². The van der Waals surface area contributed by atoms with Gasteiger partial charge in [-0.05, 0) is 152 Å². The second kappa shape index (κ2) is 14.4. The first-order valence-corrected chi connectivity index (χ1v) is 33.2. The van der Waals surface area contributed by atoms with Crippen molar-refractivity contribution in [2.75, 3.05) is 6.61 Å². The van der Waals surface area contributed by atoms with Crippen LogP contribution >= 0.6 is 0 Å². The summed E-state index contributed by atoms with van der Waals surface area (Å²) in [6.45, 7) is 34.0. The van der Waals surface area contributed by atoms with Gasteiger partial charge in [-0.15, -0.1) is 0 Å². The van der Waals surface area contributed by atoms with Crippen molar-refractivity contribution in [2.45, 2.75) is 162 Å². The van der Waals surface area contributed by atoms with Crippen molar-refractivity contribution in [3.8, 4) is 0 Å². The molecule has 0 N–H and O–H groups in total. The molecule has 0 aromatic heterocycles. The largest absolute Gasteiger partial charge is 0.414 e. The Hall–Kier alpha value is -0.862. The molecule has 3 fully saturated rings. The van der Waals surface area contributed by atoms with Crippen molar-refractivity contribution in [1.29, 1.82) is 0 Å². The average Bonchev–Trinajstić information content (AvgIpc) is 3.24. The maximum absolute atomic E-state index is 7.63. The minimum absolute atomic E-state index is 0.134. The van der Waals surface area contributed by atoms with Crippen molar-refractivity contribution >= 4 is 39.0 Å². The van der Waals surface area contributed by atoms with Crippen LogP contribution in [0.15, 0.2) is 47.1 Å². The van der Waals surface area contributed by atoms with Gasteiger partial charge in [-0.25, -0.2) is 0 Å². The highest BCUT2D eigenvalue weighted by Gasteiger charge is 2.69. The normalized spacial score (nSPS) is 35.2. The van der Waals surface area contributed by atoms with Crippen molar-refractivity contribution < 1.29 is 22.5 Å². The molecule has 1 aromatic carbocycles.